The summed E-state index contributed by atoms with van der Waals surface area (Å²) in [7, 11) is 1.38. The number of methoxy groups -OCH3 is 1. The van der Waals surface area contributed by atoms with Crippen LogP contribution in [0.4, 0.5) is 0 Å². The highest BCUT2D eigenvalue weighted by atomic mass is 16.5. The fourth-order valence-corrected chi connectivity index (χ4v) is 3.43. The van der Waals surface area contributed by atoms with E-state index in [1.54, 1.807) is 0 Å². The summed E-state index contributed by atoms with van der Waals surface area (Å²) in [6, 6.07) is 7.86. The van der Waals surface area contributed by atoms with E-state index in [4.69, 9.17) is 9.47 Å². The Bertz CT molecular complexity index is 562. The van der Waals surface area contributed by atoms with E-state index < -0.39 is 0 Å². The first kappa shape index (κ1) is 20.3. The van der Waals surface area contributed by atoms with Crippen LogP contribution in [0.25, 0.3) is 0 Å². The van der Waals surface area contributed by atoms with Crippen molar-refractivity contribution in [2.24, 2.45) is 0 Å². The second-order valence-corrected chi connectivity index (χ2v) is 7.01. The number of hydrogen-bond acceptors (Lipinski definition) is 4. The Balaban J connectivity index is 1.98. The molecule has 0 atom stereocenters. The highest BCUT2D eigenvalue weighted by Gasteiger charge is 2.25. The third-order valence-corrected chi connectivity index (χ3v) is 5.00. The molecule has 1 aliphatic rings. The van der Waals surface area contributed by atoms with Gasteiger partial charge in [0, 0.05) is 12.6 Å². The van der Waals surface area contributed by atoms with Gasteiger partial charge in [0.25, 0.3) is 5.91 Å². The van der Waals surface area contributed by atoms with Crippen LogP contribution in [-0.4, -0.2) is 43.1 Å². The van der Waals surface area contributed by atoms with Crippen LogP contribution in [-0.2, 0) is 14.3 Å². The fraction of sp³-hybridized carbons (Fsp3) is 0.619. The van der Waals surface area contributed by atoms with Crippen LogP contribution in [0.1, 0.15) is 56.9 Å². The van der Waals surface area contributed by atoms with E-state index in [1.165, 1.54) is 26.4 Å². The molecule has 0 heterocycles. The lowest BCUT2D eigenvalue weighted by atomic mass is 9.95. The zero-order chi connectivity index (χ0) is 18.8. The molecule has 1 aromatic carbocycles. The minimum absolute atomic E-state index is 0.000728. The molecule has 1 aromatic rings. The summed E-state index contributed by atoms with van der Waals surface area (Å²) in [6.07, 6.45) is 8.19. The van der Waals surface area contributed by atoms with E-state index in [-0.39, 0.29) is 30.9 Å². The van der Waals surface area contributed by atoms with Gasteiger partial charge in [-0.3, -0.25) is 9.59 Å². The van der Waals surface area contributed by atoms with Crippen LogP contribution in [0.2, 0.25) is 0 Å². The van der Waals surface area contributed by atoms with Crippen molar-refractivity contribution in [3.63, 3.8) is 0 Å². The number of rotatable bonds is 7. The van der Waals surface area contributed by atoms with Crippen molar-refractivity contribution in [1.82, 2.24) is 4.90 Å². The average Bonchev–Trinajstić information content (AvgIpc) is 2.62. The van der Waals surface area contributed by atoms with E-state index in [0.29, 0.717) is 12.3 Å². The fourth-order valence-electron chi connectivity index (χ4n) is 3.43. The monoisotopic (exact) mass is 361 g/mol. The normalized spacial score (nSPS) is 15.6. The number of benzene rings is 1. The van der Waals surface area contributed by atoms with E-state index in [0.717, 1.165) is 31.2 Å². The van der Waals surface area contributed by atoms with E-state index in [9.17, 15) is 9.59 Å². The molecule has 0 aliphatic heterocycles. The van der Waals surface area contributed by atoms with Gasteiger partial charge in [-0.15, -0.1) is 0 Å². The quantitative estimate of drug-likeness (QED) is 0.692. The van der Waals surface area contributed by atoms with Crippen molar-refractivity contribution in [3.8, 4) is 5.75 Å². The number of hydrogen-bond donors (Lipinski definition) is 0. The molecule has 1 amide bonds. The molecule has 0 spiro atoms. The molecule has 0 saturated heterocycles. The van der Waals surface area contributed by atoms with Gasteiger partial charge in [-0.05, 0) is 31.9 Å². The second kappa shape index (κ2) is 10.8. The van der Waals surface area contributed by atoms with Gasteiger partial charge in [-0.25, -0.2) is 0 Å². The number of carbonyl (C=O) groups is 2. The van der Waals surface area contributed by atoms with Crippen molar-refractivity contribution in [2.75, 3.05) is 20.3 Å². The first-order valence-electron chi connectivity index (χ1n) is 9.66. The van der Waals surface area contributed by atoms with Crippen molar-refractivity contribution in [1.29, 1.82) is 0 Å². The van der Waals surface area contributed by atoms with Crippen LogP contribution in [0.15, 0.2) is 24.3 Å². The molecular weight excluding hydrogens is 330 g/mol. The Morgan fingerprint density at radius 2 is 1.65 bits per heavy atom. The molecule has 0 unspecified atom stereocenters. The predicted molar refractivity (Wildman–Crippen MR) is 101 cm³/mol. The maximum atomic E-state index is 12.8. The Kier molecular flexibility index (Phi) is 8.45. The topological polar surface area (TPSA) is 55.8 Å². The molecule has 0 N–H and O–H groups in total. The smallest absolute Gasteiger partial charge is 0.307 e. The molecule has 0 aromatic heterocycles. The standard InChI is InChI=1S/C21H31NO4/c1-17-10-12-19(13-11-17)26-16-20(23)22(15-14-21(24)25-2)18-8-6-4-3-5-7-9-18/h10-13,18H,3-9,14-16H2,1-2H3. The van der Waals surface area contributed by atoms with Crippen LogP contribution < -0.4 is 4.74 Å². The lowest BCUT2D eigenvalue weighted by molar-refractivity contribution is -0.143. The van der Waals surface area contributed by atoms with Gasteiger partial charge in [0.05, 0.1) is 13.5 Å². The zero-order valence-electron chi connectivity index (χ0n) is 16.0. The molecule has 1 fully saturated rings. The van der Waals surface area contributed by atoms with Gasteiger partial charge < -0.3 is 14.4 Å². The molecule has 5 heteroatoms. The minimum atomic E-state index is -0.284. The lowest BCUT2D eigenvalue weighted by Crippen LogP contribution is -2.44. The van der Waals surface area contributed by atoms with Gasteiger partial charge in [-0.1, -0.05) is 49.8 Å². The lowest BCUT2D eigenvalue weighted by Gasteiger charge is -2.33. The van der Waals surface area contributed by atoms with E-state index in [2.05, 4.69) is 0 Å². The second-order valence-electron chi connectivity index (χ2n) is 7.01. The third-order valence-electron chi connectivity index (χ3n) is 5.00. The molecule has 1 saturated carbocycles. The molecule has 144 valence electrons. The first-order valence-corrected chi connectivity index (χ1v) is 9.66. The highest BCUT2D eigenvalue weighted by molar-refractivity contribution is 5.79. The minimum Gasteiger partial charge on any atom is -0.484 e. The largest absolute Gasteiger partial charge is 0.484 e. The number of carbonyl (C=O) groups excluding carboxylic acids is 2. The summed E-state index contributed by atoms with van der Waals surface area (Å²) in [5, 5.41) is 0. The molecule has 1 aliphatic carbocycles. The van der Waals surface area contributed by atoms with E-state index >= 15 is 0 Å². The maximum Gasteiger partial charge on any atom is 0.307 e. The number of esters is 1. The van der Waals surface area contributed by atoms with Crippen LogP contribution in [0, 0.1) is 6.92 Å². The highest BCUT2D eigenvalue weighted by Crippen LogP contribution is 2.22. The summed E-state index contributed by atoms with van der Waals surface area (Å²) < 4.78 is 10.4. The number of aryl methyl sites for hydroxylation is 1. The number of ether oxygens (including phenoxy) is 2. The summed E-state index contributed by atoms with van der Waals surface area (Å²) >= 11 is 0. The van der Waals surface area contributed by atoms with Crippen LogP contribution in [0.5, 0.6) is 5.75 Å². The van der Waals surface area contributed by atoms with Crippen LogP contribution in [0.3, 0.4) is 0 Å². The average molecular weight is 361 g/mol. The Morgan fingerprint density at radius 3 is 2.27 bits per heavy atom. The summed E-state index contributed by atoms with van der Waals surface area (Å²) in [5.41, 5.74) is 1.15. The SMILES string of the molecule is COC(=O)CCN(C(=O)COc1ccc(C)cc1)C1CCCCCCC1. The predicted octanol–water partition coefficient (Wildman–Crippen LogP) is 3.88. The zero-order valence-corrected chi connectivity index (χ0v) is 16.0. The summed E-state index contributed by atoms with van der Waals surface area (Å²) in [5.74, 6) is 0.350. The Morgan fingerprint density at radius 1 is 1.04 bits per heavy atom. The van der Waals surface area contributed by atoms with Gasteiger partial charge in [-0.2, -0.15) is 0 Å². The summed E-state index contributed by atoms with van der Waals surface area (Å²) in [4.78, 5) is 26.2. The maximum absolute atomic E-state index is 12.8. The number of nitrogens with zero attached hydrogens (tertiary/aromatic N) is 1. The first-order chi connectivity index (χ1) is 12.6. The third kappa shape index (κ3) is 6.70. The summed E-state index contributed by atoms with van der Waals surface area (Å²) in [6.45, 7) is 2.41. The van der Waals surface area contributed by atoms with Gasteiger partial charge in [0.1, 0.15) is 5.75 Å². The van der Waals surface area contributed by atoms with Crippen LogP contribution >= 0.6 is 0 Å². The van der Waals surface area contributed by atoms with Gasteiger partial charge in [0.15, 0.2) is 6.61 Å². The number of amides is 1. The van der Waals surface area contributed by atoms with Crippen molar-refractivity contribution >= 4 is 11.9 Å². The molecule has 0 radical (unpaired) electrons. The molecule has 5 nitrogen and oxygen atoms in total. The Labute approximate surface area is 156 Å². The van der Waals surface area contributed by atoms with Gasteiger partial charge >= 0.3 is 5.97 Å². The van der Waals surface area contributed by atoms with Crippen molar-refractivity contribution in [3.05, 3.63) is 29.8 Å². The molecule has 0 bridgehead atoms. The Hall–Kier alpha value is -2.04. The molecular formula is C21H31NO4. The van der Waals surface area contributed by atoms with E-state index in [1.807, 2.05) is 36.1 Å². The van der Waals surface area contributed by atoms with Gasteiger partial charge in [0.2, 0.25) is 0 Å². The molecule has 26 heavy (non-hydrogen) atoms. The van der Waals surface area contributed by atoms with Crippen molar-refractivity contribution < 1.29 is 19.1 Å². The molecule has 2 rings (SSSR count). The van der Waals surface area contributed by atoms with Crippen molar-refractivity contribution in [2.45, 2.75) is 64.3 Å².